The van der Waals surface area contributed by atoms with E-state index in [-0.39, 0.29) is 47.4 Å². The maximum atomic E-state index is 4.85. The molecule has 0 saturated heterocycles. The molecular weight excluding hydrogens is 937 g/mol. The summed E-state index contributed by atoms with van der Waals surface area (Å²) < 4.78 is 30.4. The Balaban J connectivity index is -0.0000000860. The molecule has 0 aliphatic heterocycles. The third kappa shape index (κ3) is 113. The van der Waals surface area contributed by atoms with Crippen molar-refractivity contribution in [2.45, 2.75) is 83.1 Å². The number of hydrogen-bond acceptors (Lipinski definition) is 18. The van der Waals surface area contributed by atoms with Crippen LogP contribution in [-0.4, -0.2) is 65.9 Å². The minimum Gasteiger partial charge on any atom is -0.513 e. The van der Waals surface area contributed by atoms with E-state index < -0.39 is 0 Å². The van der Waals surface area contributed by atoms with Gasteiger partial charge >= 0.3 is 0 Å². The first-order valence-corrected chi connectivity index (χ1v) is 19.7. The third-order valence-corrected chi connectivity index (χ3v) is 4.62. The zero-order valence-electron chi connectivity index (χ0n) is 30.5. The van der Waals surface area contributed by atoms with Crippen LogP contribution in [0.15, 0.2) is 0 Å². The fraction of sp³-hybridized carbons (Fsp3) is 0.800. The van der Waals surface area contributed by atoms with Gasteiger partial charge in [0.25, 0.3) is 0 Å². The molecule has 0 heterocycles. The Labute approximate surface area is 379 Å². The van der Waals surface area contributed by atoms with Crippen LogP contribution in [0.25, 0.3) is 0 Å². The number of thiocarbonyl (C=S) groups is 6. The molecule has 0 bridgehead atoms. The quantitative estimate of drug-likeness (QED) is 0.106. The number of ether oxygens (including phenoxy) is 6. The van der Waals surface area contributed by atoms with Crippen molar-refractivity contribution in [3.63, 3.8) is 0 Å². The molecule has 0 rings (SSSR count). The van der Waals surface area contributed by atoms with Crippen LogP contribution in [-0.2, 0) is 125 Å². The molecule has 0 amide bonds. The van der Waals surface area contributed by atoms with Crippen LogP contribution in [0.2, 0.25) is 0 Å². The summed E-state index contributed by atoms with van der Waals surface area (Å²) >= 11 is 54.1. The Hall–Kier alpha value is 1.35. The van der Waals surface area contributed by atoms with Gasteiger partial charge in [0.15, 0.2) is 0 Å². The van der Waals surface area contributed by atoms with E-state index in [2.05, 4.69) is 149 Å². The minimum atomic E-state index is 0. The summed E-state index contributed by atoms with van der Waals surface area (Å²) in [5.41, 5.74) is 0. The molecule has 0 aromatic heterocycles. The van der Waals surface area contributed by atoms with Crippen LogP contribution >= 0.6 is 73.3 Å². The standard InChI is InChI=1S/6C5H10OS2.Mo/c6*1-4(2)3-6-5(7)8;/h6*4H,3H2,1-2H3,(H,7,8);/p-6. The Morgan fingerprint density at radius 3 is 0.408 bits per heavy atom. The topological polar surface area (TPSA) is 55.4 Å². The van der Waals surface area contributed by atoms with Crippen molar-refractivity contribution in [3.8, 4) is 0 Å². The van der Waals surface area contributed by atoms with Crippen LogP contribution in [0.1, 0.15) is 83.1 Å². The Morgan fingerprint density at radius 2 is 0.388 bits per heavy atom. The summed E-state index contributed by atoms with van der Waals surface area (Å²) in [4.78, 5) is 0. The van der Waals surface area contributed by atoms with Crippen molar-refractivity contribution in [1.29, 1.82) is 0 Å². The first-order valence-electron chi connectivity index (χ1n) is 14.8. The van der Waals surface area contributed by atoms with E-state index in [0.29, 0.717) is 75.1 Å². The molecule has 0 spiro atoms. The Bertz CT molecular complexity index is 661. The molecule has 0 saturated carbocycles. The van der Waals surface area contributed by atoms with E-state index in [1.165, 1.54) is 0 Å². The van der Waals surface area contributed by atoms with Crippen molar-refractivity contribution in [3.05, 3.63) is 0 Å². The van der Waals surface area contributed by atoms with Gasteiger partial charge in [-0.3, -0.25) is 0 Å². The van der Waals surface area contributed by atoms with E-state index in [0.717, 1.165) is 0 Å². The zero-order valence-corrected chi connectivity index (χ0v) is 42.3. The monoisotopic (exact) mass is 992 g/mol. The summed E-state index contributed by atoms with van der Waals surface area (Å²) in [6.45, 7) is 28.4. The first-order chi connectivity index (χ1) is 21.8. The molecule has 19 heteroatoms. The summed E-state index contributed by atoms with van der Waals surface area (Å²) in [6, 6.07) is 0. The molecule has 0 N–H and O–H groups in total. The molecule has 6 nitrogen and oxygen atoms in total. The predicted molar refractivity (Wildman–Crippen MR) is 245 cm³/mol. The van der Waals surface area contributed by atoms with Gasteiger partial charge in [0.1, 0.15) is 0 Å². The van der Waals surface area contributed by atoms with E-state index >= 15 is 0 Å². The van der Waals surface area contributed by atoms with Crippen molar-refractivity contribution >= 4 is 175 Å². The smallest absolute Gasteiger partial charge is 0.0881 e. The normalized spacial score (nSPS) is 9.18. The van der Waals surface area contributed by atoms with Crippen LogP contribution in [0.5, 0.6) is 0 Å². The third-order valence-electron chi connectivity index (χ3n) is 3.21. The van der Waals surface area contributed by atoms with Gasteiger partial charge in [-0.2, -0.15) is 0 Å². The molecule has 0 unspecified atom stereocenters. The van der Waals surface area contributed by atoms with E-state index in [4.69, 9.17) is 28.4 Å². The fourth-order valence-electron chi connectivity index (χ4n) is 1.41. The molecule has 0 aliphatic rings. The Morgan fingerprint density at radius 1 is 0.306 bits per heavy atom. The minimum absolute atomic E-state index is 0. The average Bonchev–Trinajstić information content (AvgIpc) is 2.92. The number of rotatable bonds is 12. The summed E-state index contributed by atoms with van der Waals surface area (Å²) in [5.74, 6) is 3.06. The largest absolute Gasteiger partial charge is 0.513 e. The molecule has 0 fully saturated rings. The molecule has 0 radical (unpaired) electrons. The van der Waals surface area contributed by atoms with Crippen LogP contribution in [0, 0.1) is 35.5 Å². The predicted octanol–water partition coefficient (Wildman–Crippen LogP) is 8.94. The second-order valence-electron chi connectivity index (χ2n) is 11.7. The van der Waals surface area contributed by atoms with Gasteiger partial charge in [-0.15, -0.1) is 0 Å². The molecule has 0 aliphatic carbocycles. The molecule has 0 atom stereocenters. The first kappa shape index (κ1) is 65.3. The van der Waals surface area contributed by atoms with Crippen molar-refractivity contribution in [1.82, 2.24) is 0 Å². The maximum absolute atomic E-state index is 4.85. The maximum Gasteiger partial charge on any atom is 0.0881 e. The second kappa shape index (κ2) is 47.4. The van der Waals surface area contributed by atoms with E-state index in [1.54, 1.807) is 0 Å². The molecule has 294 valence electrons. The van der Waals surface area contributed by atoms with Crippen LogP contribution in [0.4, 0.5) is 0 Å². The molecule has 0 aromatic rings. The summed E-state index contributed by atoms with van der Waals surface area (Å²) in [6.07, 6.45) is 0. The SMILES string of the molecule is CC(C)COC(=S)[S-].CC(C)COC(=S)[S-].CC(C)COC(=S)[S-].CC(C)COC(=S)[S-].CC(C)COC(=S)[S-].CC(C)COC(=S)[S-].[Mo]. The molecular formula is C30H54MoO6S12-6. The van der Waals surface area contributed by atoms with Crippen LogP contribution < -0.4 is 0 Å². The van der Waals surface area contributed by atoms with E-state index in [1.807, 2.05) is 83.1 Å². The summed E-state index contributed by atoms with van der Waals surface area (Å²) in [7, 11) is 0. The molecule has 0 aromatic carbocycles. The van der Waals surface area contributed by atoms with Crippen molar-refractivity contribution in [2.75, 3.05) is 39.6 Å². The number of hydrogen-bond donors (Lipinski definition) is 0. The van der Waals surface area contributed by atoms with Gasteiger partial charge in [0.2, 0.25) is 0 Å². The van der Waals surface area contributed by atoms with Gasteiger partial charge in [0.05, 0.1) is 39.6 Å². The fourth-order valence-corrected chi connectivity index (χ4v) is 2.22. The van der Waals surface area contributed by atoms with E-state index in [9.17, 15) is 0 Å². The van der Waals surface area contributed by atoms with Crippen molar-refractivity contribution < 1.29 is 49.5 Å². The van der Waals surface area contributed by atoms with Gasteiger partial charge in [0, 0.05) is 47.4 Å². The average molecular weight is 992 g/mol. The van der Waals surface area contributed by atoms with Gasteiger partial charge in [-0.05, 0) is 35.5 Å². The van der Waals surface area contributed by atoms with Gasteiger partial charge in [-0.25, -0.2) is 0 Å². The molecule has 49 heavy (non-hydrogen) atoms. The summed E-state index contributed by atoms with van der Waals surface area (Å²) in [5, 5.41) is 0. The van der Waals surface area contributed by atoms with Crippen LogP contribution in [0.3, 0.4) is 0 Å². The Kier molecular flexibility index (Phi) is 63.1. The van der Waals surface area contributed by atoms with Gasteiger partial charge < -0.3 is 178 Å². The van der Waals surface area contributed by atoms with Crippen molar-refractivity contribution in [2.24, 2.45) is 35.5 Å². The zero-order chi connectivity index (χ0) is 39.4. The van der Waals surface area contributed by atoms with Gasteiger partial charge in [-0.1, -0.05) is 83.1 Å². The second-order valence-corrected chi connectivity index (χ2v) is 17.7.